The summed E-state index contributed by atoms with van der Waals surface area (Å²) in [7, 11) is 0.0906. The third-order valence-corrected chi connectivity index (χ3v) is 13.6. The van der Waals surface area contributed by atoms with Crippen LogP contribution in [-0.2, 0) is 46.7 Å². The predicted molar refractivity (Wildman–Crippen MR) is 171 cm³/mol. The molecule has 6 unspecified atom stereocenters. The van der Waals surface area contributed by atoms with Crippen LogP contribution in [0.25, 0.3) is 0 Å². The molecule has 0 radical (unpaired) electrons. The lowest BCUT2D eigenvalue weighted by Crippen LogP contribution is -2.72. The third kappa shape index (κ3) is 5.84. The van der Waals surface area contributed by atoms with Gasteiger partial charge in [-0.05, 0) is 59.3 Å². The number of methoxy groups -OCH3 is 3. The van der Waals surface area contributed by atoms with E-state index >= 15 is 0 Å². The van der Waals surface area contributed by atoms with Gasteiger partial charge >= 0.3 is 7.82 Å². The SMILES string of the molecule is COC[C@]1(COP(=O)(OC[C@@]2(COC)C(=O)C3CCN2[C@H](C)C3)OC[C@@]2(COC)C(=O)C3CCN2[C@H](C)C3)C(=O)C2CCN1[C@H](C)C2. The molecular weight excluding hydrogens is 629 g/mol. The lowest BCUT2D eigenvalue weighted by Gasteiger charge is -2.56. The summed E-state index contributed by atoms with van der Waals surface area (Å²) in [6.07, 6.45) is 4.53. The molecule has 13 nitrogen and oxygen atoms in total. The fourth-order valence-corrected chi connectivity index (χ4v) is 11.5. The zero-order chi connectivity index (χ0) is 33.8. The highest BCUT2D eigenvalue weighted by atomic mass is 31.2. The van der Waals surface area contributed by atoms with E-state index in [0.717, 1.165) is 38.5 Å². The standard InChI is InChI=1S/C33H54N3O10P/c1-22-13-25-7-10-34(22)31(16-41-4,28(25)37)19-44-47(40,45-20-32(17-42-5)29(38)26-8-11-35(32)23(2)14-26)46-21-33(18-43-6)30(39)27-9-12-36(33)24(3)15-27/h22-27H,7-21H2,1-6H3/t22-,23-,24-,25?,26?,27?,31+,32+,33+,47?/m1/s1. The maximum atomic E-state index is 15.0. The average molecular weight is 684 g/mol. The molecular formula is C33H54N3O10P. The fraction of sp³-hybridized carbons (Fsp3) is 0.909. The summed E-state index contributed by atoms with van der Waals surface area (Å²) in [5.41, 5.74) is -3.50. The van der Waals surface area contributed by atoms with Crippen LogP contribution in [0.4, 0.5) is 0 Å². The largest absolute Gasteiger partial charge is 0.475 e. The van der Waals surface area contributed by atoms with Crippen molar-refractivity contribution in [1.29, 1.82) is 0 Å². The topological polar surface area (TPSA) is 133 Å². The molecule has 6 bridgehead atoms. The van der Waals surface area contributed by atoms with Gasteiger partial charge in [0, 0.05) is 76.8 Å². The number of Topliss-reactive ketones (excluding diaryl/α,β-unsaturated/α-hetero) is 3. The Morgan fingerprint density at radius 3 is 1.06 bits per heavy atom. The van der Waals surface area contributed by atoms with E-state index in [2.05, 4.69) is 35.5 Å². The van der Waals surface area contributed by atoms with E-state index < -0.39 is 24.4 Å². The van der Waals surface area contributed by atoms with Crippen molar-refractivity contribution in [3.8, 4) is 0 Å². The molecule has 47 heavy (non-hydrogen) atoms. The zero-order valence-corrected chi connectivity index (χ0v) is 29.8. The van der Waals surface area contributed by atoms with Gasteiger partial charge in [-0.1, -0.05) is 0 Å². The van der Waals surface area contributed by atoms with E-state index in [1.807, 2.05) is 0 Å². The fourth-order valence-electron chi connectivity index (χ4n) is 10.1. The number of rotatable bonds is 15. The molecule has 9 heterocycles. The van der Waals surface area contributed by atoms with Crippen molar-refractivity contribution in [2.24, 2.45) is 17.8 Å². The number of nitrogens with zero attached hydrogens (tertiary/aromatic N) is 3. The zero-order valence-electron chi connectivity index (χ0n) is 28.9. The second-order valence-corrected chi connectivity index (χ2v) is 16.7. The number of piperidine rings is 9. The number of carbonyl (C=O) groups excluding carboxylic acids is 3. The number of carbonyl (C=O) groups is 3. The molecule has 266 valence electrons. The Morgan fingerprint density at radius 2 is 0.830 bits per heavy atom. The van der Waals surface area contributed by atoms with E-state index in [-0.39, 0.29) is 92.9 Å². The number of ether oxygens (including phenoxy) is 3. The Morgan fingerprint density at radius 1 is 0.553 bits per heavy atom. The number of phosphoric ester groups is 1. The van der Waals surface area contributed by atoms with Crippen molar-refractivity contribution >= 4 is 25.2 Å². The van der Waals surface area contributed by atoms with Crippen molar-refractivity contribution in [2.45, 2.75) is 94.0 Å². The third-order valence-electron chi connectivity index (χ3n) is 12.3. The van der Waals surface area contributed by atoms with Crippen molar-refractivity contribution in [2.75, 3.05) is 80.6 Å². The molecule has 9 aliphatic rings. The van der Waals surface area contributed by atoms with Gasteiger partial charge in [-0.3, -0.25) is 42.7 Å². The number of hydrogen-bond acceptors (Lipinski definition) is 13. The van der Waals surface area contributed by atoms with Crippen LogP contribution in [0, 0.1) is 17.8 Å². The van der Waals surface area contributed by atoms with E-state index in [9.17, 15) is 18.9 Å². The Hall–Kier alpha value is -1.12. The van der Waals surface area contributed by atoms with Gasteiger partial charge < -0.3 is 14.2 Å². The molecule has 9 fully saturated rings. The predicted octanol–water partition coefficient (Wildman–Crippen LogP) is 2.35. The summed E-state index contributed by atoms with van der Waals surface area (Å²) in [6, 6.07) is 0.322. The summed E-state index contributed by atoms with van der Waals surface area (Å²) >= 11 is 0. The summed E-state index contributed by atoms with van der Waals surface area (Å²) in [4.78, 5) is 47.9. The van der Waals surface area contributed by atoms with E-state index in [4.69, 9.17) is 27.8 Å². The Balaban J connectivity index is 1.31. The number of ketones is 3. The second kappa shape index (κ2) is 13.5. The van der Waals surface area contributed by atoms with Crippen LogP contribution in [-0.4, -0.2) is 147 Å². The first-order valence-electron chi connectivity index (χ1n) is 17.3. The van der Waals surface area contributed by atoms with E-state index in [0.29, 0.717) is 19.6 Å². The van der Waals surface area contributed by atoms with Gasteiger partial charge in [0.15, 0.2) is 17.3 Å². The number of phosphoric acid groups is 1. The van der Waals surface area contributed by atoms with Gasteiger partial charge in [-0.15, -0.1) is 0 Å². The lowest BCUT2D eigenvalue weighted by molar-refractivity contribution is -0.168. The maximum Gasteiger partial charge on any atom is 0.475 e. The first-order chi connectivity index (χ1) is 22.4. The molecule has 0 aliphatic carbocycles. The highest BCUT2D eigenvalue weighted by Crippen LogP contribution is 2.55. The van der Waals surface area contributed by atoms with Gasteiger partial charge in [0.05, 0.1) is 39.6 Å². The second-order valence-electron chi connectivity index (χ2n) is 15.0. The molecule has 0 aromatic carbocycles. The quantitative estimate of drug-likeness (QED) is 0.234. The molecule has 0 amide bonds. The van der Waals surface area contributed by atoms with Crippen LogP contribution in [0.5, 0.6) is 0 Å². The van der Waals surface area contributed by atoms with Crippen LogP contribution in [0.2, 0.25) is 0 Å². The minimum Gasteiger partial charge on any atom is -0.382 e. The van der Waals surface area contributed by atoms with Gasteiger partial charge in [0.1, 0.15) is 16.6 Å². The Kier molecular flexibility index (Phi) is 10.3. The summed E-state index contributed by atoms with van der Waals surface area (Å²) < 4.78 is 50.5. The smallest absolute Gasteiger partial charge is 0.382 e. The minimum absolute atomic E-state index is 0.00126. The molecule has 0 N–H and O–H groups in total. The maximum absolute atomic E-state index is 15.0. The van der Waals surface area contributed by atoms with Crippen LogP contribution in [0.1, 0.15) is 59.3 Å². The van der Waals surface area contributed by atoms with Crippen LogP contribution < -0.4 is 0 Å². The van der Waals surface area contributed by atoms with Crippen LogP contribution in [0.15, 0.2) is 0 Å². The van der Waals surface area contributed by atoms with Crippen molar-refractivity contribution in [3.05, 3.63) is 0 Å². The molecule has 0 aromatic heterocycles. The normalized spacial score (nSPS) is 45.5. The van der Waals surface area contributed by atoms with E-state index in [1.54, 1.807) is 0 Å². The highest BCUT2D eigenvalue weighted by Gasteiger charge is 2.61. The van der Waals surface area contributed by atoms with Crippen molar-refractivity contribution < 1.29 is 46.7 Å². The monoisotopic (exact) mass is 683 g/mol. The van der Waals surface area contributed by atoms with Crippen molar-refractivity contribution in [3.63, 3.8) is 0 Å². The molecule has 12 atom stereocenters. The molecule has 0 spiro atoms. The van der Waals surface area contributed by atoms with Gasteiger partial charge in [-0.2, -0.15) is 0 Å². The van der Waals surface area contributed by atoms with Crippen molar-refractivity contribution in [1.82, 2.24) is 14.7 Å². The average Bonchev–Trinajstić information content (AvgIpc) is 3.05. The van der Waals surface area contributed by atoms with Gasteiger partial charge in [0.2, 0.25) is 0 Å². The highest BCUT2D eigenvalue weighted by molar-refractivity contribution is 7.48. The lowest BCUT2D eigenvalue weighted by atomic mass is 9.71. The summed E-state index contributed by atoms with van der Waals surface area (Å²) in [6.45, 7) is 7.66. The molecule has 14 heteroatoms. The van der Waals surface area contributed by atoms with Crippen LogP contribution >= 0.6 is 7.82 Å². The Labute approximate surface area is 278 Å². The molecule has 9 saturated heterocycles. The van der Waals surface area contributed by atoms with Gasteiger partial charge in [0.25, 0.3) is 0 Å². The minimum atomic E-state index is -4.53. The summed E-state index contributed by atoms with van der Waals surface area (Å²) in [5, 5.41) is 0. The Bertz CT molecular complexity index is 1120. The number of fused-ring (bicyclic) bond motifs is 9. The molecule has 9 rings (SSSR count). The number of hydrogen-bond donors (Lipinski definition) is 0. The van der Waals surface area contributed by atoms with Crippen LogP contribution in [0.3, 0.4) is 0 Å². The van der Waals surface area contributed by atoms with E-state index in [1.165, 1.54) is 21.3 Å². The first kappa shape index (κ1) is 35.7. The molecule has 9 aliphatic heterocycles. The molecule has 0 saturated carbocycles. The summed E-state index contributed by atoms with van der Waals surface area (Å²) in [5.74, 6) is -0.415. The first-order valence-corrected chi connectivity index (χ1v) is 18.8. The molecule has 0 aromatic rings. The van der Waals surface area contributed by atoms with Gasteiger partial charge in [-0.25, -0.2) is 4.57 Å².